The average molecular weight is 332 g/mol. The molecule has 1 amide bonds. The molecule has 0 saturated carbocycles. The molecule has 1 aromatic carbocycles. The number of benzene rings is 1. The second-order valence-corrected chi connectivity index (χ2v) is 6.26. The second-order valence-electron chi connectivity index (χ2n) is 6.26. The molecule has 0 aliphatic carbocycles. The first-order valence-electron chi connectivity index (χ1n) is 8.79. The maximum atomic E-state index is 11.9. The van der Waals surface area contributed by atoms with E-state index < -0.39 is 0 Å². The van der Waals surface area contributed by atoms with Crippen LogP contribution in [0.1, 0.15) is 38.7 Å². The van der Waals surface area contributed by atoms with Gasteiger partial charge in [0.15, 0.2) is 0 Å². The normalized spacial score (nSPS) is 15.9. The third kappa shape index (κ3) is 5.64. The SMILES string of the molecule is CCOC(=O)CCN(C(C)=O)C1CCN(Cc2ccccc2)CC1. The summed E-state index contributed by atoms with van der Waals surface area (Å²) in [6, 6.07) is 10.7. The summed E-state index contributed by atoms with van der Waals surface area (Å²) in [4.78, 5) is 27.8. The maximum absolute atomic E-state index is 11.9. The summed E-state index contributed by atoms with van der Waals surface area (Å²) in [5.74, 6) is -0.189. The zero-order valence-corrected chi connectivity index (χ0v) is 14.7. The van der Waals surface area contributed by atoms with Crippen LogP contribution in [0.2, 0.25) is 0 Å². The number of likely N-dealkylation sites (tertiary alicyclic amines) is 1. The van der Waals surface area contributed by atoms with E-state index >= 15 is 0 Å². The van der Waals surface area contributed by atoms with Gasteiger partial charge in [0, 0.05) is 39.1 Å². The van der Waals surface area contributed by atoms with Gasteiger partial charge >= 0.3 is 5.97 Å². The lowest BCUT2D eigenvalue weighted by Crippen LogP contribution is -2.47. The summed E-state index contributed by atoms with van der Waals surface area (Å²) in [6.45, 7) is 7.13. The molecule has 0 unspecified atom stereocenters. The highest BCUT2D eigenvalue weighted by atomic mass is 16.5. The number of rotatable bonds is 7. The van der Waals surface area contributed by atoms with Crippen molar-refractivity contribution in [3.63, 3.8) is 0 Å². The smallest absolute Gasteiger partial charge is 0.307 e. The van der Waals surface area contributed by atoms with Crippen molar-refractivity contribution in [1.29, 1.82) is 0 Å². The lowest BCUT2D eigenvalue weighted by atomic mass is 10.0. The molecule has 0 N–H and O–H groups in total. The Morgan fingerprint density at radius 2 is 1.88 bits per heavy atom. The molecule has 1 aliphatic heterocycles. The van der Waals surface area contributed by atoms with Crippen LogP contribution >= 0.6 is 0 Å². The molecule has 1 aromatic rings. The van der Waals surface area contributed by atoms with Crippen molar-refractivity contribution >= 4 is 11.9 Å². The number of nitrogens with zero attached hydrogens (tertiary/aromatic N) is 2. The number of carbonyl (C=O) groups is 2. The van der Waals surface area contributed by atoms with Crippen molar-refractivity contribution in [2.75, 3.05) is 26.2 Å². The topological polar surface area (TPSA) is 49.9 Å². The monoisotopic (exact) mass is 332 g/mol. The van der Waals surface area contributed by atoms with Crippen LogP contribution in [-0.4, -0.2) is 54.0 Å². The molecule has 1 saturated heterocycles. The summed E-state index contributed by atoms with van der Waals surface area (Å²) < 4.78 is 4.96. The number of hydrogen-bond acceptors (Lipinski definition) is 4. The Morgan fingerprint density at radius 3 is 2.46 bits per heavy atom. The molecule has 1 fully saturated rings. The van der Waals surface area contributed by atoms with E-state index in [0.717, 1.165) is 32.5 Å². The zero-order chi connectivity index (χ0) is 17.4. The van der Waals surface area contributed by atoms with Gasteiger partial charge in [0.05, 0.1) is 13.0 Å². The average Bonchev–Trinajstić information content (AvgIpc) is 2.57. The number of esters is 1. The van der Waals surface area contributed by atoms with Crippen molar-refractivity contribution in [3.05, 3.63) is 35.9 Å². The molecule has 5 nitrogen and oxygen atoms in total. The van der Waals surface area contributed by atoms with Crippen molar-refractivity contribution < 1.29 is 14.3 Å². The number of ether oxygens (including phenoxy) is 1. The van der Waals surface area contributed by atoms with Gasteiger partial charge in [-0.25, -0.2) is 0 Å². The predicted octanol–water partition coefficient (Wildman–Crippen LogP) is 2.45. The van der Waals surface area contributed by atoms with Crippen LogP contribution in [0.25, 0.3) is 0 Å². The van der Waals surface area contributed by atoms with E-state index in [2.05, 4.69) is 29.2 Å². The van der Waals surface area contributed by atoms with E-state index in [1.54, 1.807) is 13.8 Å². The fourth-order valence-corrected chi connectivity index (χ4v) is 3.27. The second kappa shape index (κ2) is 9.42. The highest BCUT2D eigenvalue weighted by molar-refractivity contribution is 5.75. The summed E-state index contributed by atoms with van der Waals surface area (Å²) in [5, 5.41) is 0. The number of piperidine rings is 1. The first-order valence-corrected chi connectivity index (χ1v) is 8.79. The number of amides is 1. The lowest BCUT2D eigenvalue weighted by molar-refractivity contribution is -0.144. The van der Waals surface area contributed by atoms with Crippen molar-refractivity contribution in [2.24, 2.45) is 0 Å². The molecule has 1 aliphatic rings. The van der Waals surface area contributed by atoms with Crippen molar-refractivity contribution in [1.82, 2.24) is 9.80 Å². The molecule has 0 radical (unpaired) electrons. The quantitative estimate of drug-likeness (QED) is 0.720. The molecule has 0 atom stereocenters. The van der Waals surface area contributed by atoms with Crippen LogP contribution in [0.4, 0.5) is 0 Å². The Bertz CT molecular complexity index is 525. The predicted molar refractivity (Wildman–Crippen MR) is 93.4 cm³/mol. The Labute approximate surface area is 144 Å². The Hall–Kier alpha value is -1.88. The molecular weight excluding hydrogens is 304 g/mol. The molecule has 5 heteroatoms. The first-order chi connectivity index (χ1) is 11.6. The maximum Gasteiger partial charge on any atom is 0.307 e. The summed E-state index contributed by atoms with van der Waals surface area (Å²) >= 11 is 0. The van der Waals surface area contributed by atoms with E-state index in [0.29, 0.717) is 13.2 Å². The van der Waals surface area contributed by atoms with E-state index in [9.17, 15) is 9.59 Å². The summed E-state index contributed by atoms with van der Waals surface area (Å²) in [7, 11) is 0. The van der Waals surface area contributed by atoms with E-state index in [4.69, 9.17) is 4.74 Å². The van der Waals surface area contributed by atoms with Crippen molar-refractivity contribution in [2.45, 2.75) is 45.7 Å². The van der Waals surface area contributed by atoms with Crippen LogP contribution in [0, 0.1) is 0 Å². The minimum Gasteiger partial charge on any atom is -0.466 e. The van der Waals surface area contributed by atoms with Gasteiger partial charge < -0.3 is 9.64 Å². The van der Waals surface area contributed by atoms with Crippen LogP contribution in [-0.2, 0) is 20.9 Å². The number of hydrogen-bond donors (Lipinski definition) is 0. The molecule has 1 heterocycles. The van der Waals surface area contributed by atoms with Gasteiger partial charge in [-0.05, 0) is 25.3 Å². The Balaban J connectivity index is 1.81. The Kier molecular flexibility index (Phi) is 7.25. The van der Waals surface area contributed by atoms with Gasteiger partial charge in [-0.2, -0.15) is 0 Å². The molecule has 0 spiro atoms. The van der Waals surface area contributed by atoms with Crippen molar-refractivity contribution in [3.8, 4) is 0 Å². The fraction of sp³-hybridized carbons (Fsp3) is 0.579. The van der Waals surface area contributed by atoms with Crippen LogP contribution in [0.3, 0.4) is 0 Å². The largest absolute Gasteiger partial charge is 0.466 e. The van der Waals surface area contributed by atoms with Gasteiger partial charge in [0.25, 0.3) is 0 Å². The first kappa shape index (κ1) is 18.5. The van der Waals surface area contributed by atoms with Gasteiger partial charge in [-0.15, -0.1) is 0 Å². The molecule has 132 valence electrons. The molecule has 2 rings (SSSR count). The minimum atomic E-state index is -0.231. The highest BCUT2D eigenvalue weighted by Gasteiger charge is 2.26. The molecule has 24 heavy (non-hydrogen) atoms. The zero-order valence-electron chi connectivity index (χ0n) is 14.7. The van der Waals surface area contributed by atoms with E-state index in [-0.39, 0.29) is 24.3 Å². The summed E-state index contributed by atoms with van der Waals surface area (Å²) in [5.41, 5.74) is 1.32. The van der Waals surface area contributed by atoms with Gasteiger partial charge in [0.2, 0.25) is 5.91 Å². The van der Waals surface area contributed by atoms with Gasteiger partial charge in [-0.1, -0.05) is 30.3 Å². The third-order valence-corrected chi connectivity index (χ3v) is 4.51. The Morgan fingerprint density at radius 1 is 1.21 bits per heavy atom. The molecular formula is C19H28N2O3. The van der Waals surface area contributed by atoms with Crippen LogP contribution in [0.5, 0.6) is 0 Å². The van der Waals surface area contributed by atoms with E-state index in [1.165, 1.54) is 5.56 Å². The fourth-order valence-electron chi connectivity index (χ4n) is 3.27. The molecule has 0 bridgehead atoms. The van der Waals surface area contributed by atoms with Crippen LogP contribution < -0.4 is 0 Å². The van der Waals surface area contributed by atoms with Crippen LogP contribution in [0.15, 0.2) is 30.3 Å². The third-order valence-electron chi connectivity index (χ3n) is 4.51. The highest BCUT2D eigenvalue weighted by Crippen LogP contribution is 2.19. The van der Waals surface area contributed by atoms with Gasteiger partial charge in [0.1, 0.15) is 0 Å². The lowest BCUT2D eigenvalue weighted by Gasteiger charge is -2.38. The molecule has 0 aromatic heterocycles. The van der Waals surface area contributed by atoms with E-state index in [1.807, 2.05) is 11.0 Å². The standard InChI is InChI=1S/C19H28N2O3/c1-3-24-19(23)11-14-21(16(2)22)18-9-12-20(13-10-18)15-17-7-5-4-6-8-17/h4-8,18H,3,9-15H2,1-2H3. The summed E-state index contributed by atoms with van der Waals surface area (Å²) in [6.07, 6.45) is 2.18. The number of carbonyl (C=O) groups excluding carboxylic acids is 2. The minimum absolute atomic E-state index is 0.0424. The van der Waals surface area contributed by atoms with Gasteiger partial charge in [-0.3, -0.25) is 14.5 Å².